The van der Waals surface area contributed by atoms with Crippen molar-refractivity contribution in [3.63, 3.8) is 0 Å². The highest BCUT2D eigenvalue weighted by Gasteiger charge is 2.28. The van der Waals surface area contributed by atoms with Crippen LogP contribution in [0.25, 0.3) is 0 Å². The second-order valence-electron chi connectivity index (χ2n) is 4.39. The standard InChI is InChI=1S/C11H15N3O4/c1-7-2-8(6-18-7)11(17)13-9-3-12-14(4-9)5-10(15)16/h3-4,7-8H,2,5-6H2,1H3,(H,13,17)(H,15,16). The zero-order valence-corrected chi connectivity index (χ0v) is 10.00. The summed E-state index contributed by atoms with van der Waals surface area (Å²) in [4.78, 5) is 22.3. The van der Waals surface area contributed by atoms with Crippen LogP contribution >= 0.6 is 0 Å². The first-order chi connectivity index (χ1) is 8.54. The molecule has 1 fully saturated rings. The number of anilines is 1. The maximum absolute atomic E-state index is 11.8. The van der Waals surface area contributed by atoms with Gasteiger partial charge in [0.2, 0.25) is 5.91 Å². The number of aromatic nitrogens is 2. The molecule has 2 unspecified atom stereocenters. The third-order valence-electron chi connectivity index (χ3n) is 2.77. The lowest BCUT2D eigenvalue weighted by Gasteiger charge is -2.06. The summed E-state index contributed by atoms with van der Waals surface area (Å²) in [6.07, 6.45) is 3.73. The van der Waals surface area contributed by atoms with Gasteiger partial charge in [-0.15, -0.1) is 0 Å². The van der Waals surface area contributed by atoms with Crippen LogP contribution < -0.4 is 5.32 Å². The molecule has 0 radical (unpaired) electrons. The van der Waals surface area contributed by atoms with E-state index >= 15 is 0 Å². The van der Waals surface area contributed by atoms with E-state index in [9.17, 15) is 9.59 Å². The number of ether oxygens (including phenoxy) is 1. The number of carbonyl (C=O) groups is 2. The molecule has 18 heavy (non-hydrogen) atoms. The quantitative estimate of drug-likeness (QED) is 0.806. The van der Waals surface area contributed by atoms with Gasteiger partial charge < -0.3 is 15.2 Å². The molecule has 1 aliphatic heterocycles. The third kappa shape index (κ3) is 3.07. The second-order valence-corrected chi connectivity index (χ2v) is 4.39. The van der Waals surface area contributed by atoms with Gasteiger partial charge in [0, 0.05) is 6.20 Å². The van der Waals surface area contributed by atoms with Gasteiger partial charge in [0.1, 0.15) is 6.54 Å². The number of carbonyl (C=O) groups excluding carboxylic acids is 1. The van der Waals surface area contributed by atoms with E-state index in [-0.39, 0.29) is 24.5 Å². The molecule has 1 amide bonds. The van der Waals surface area contributed by atoms with E-state index in [1.807, 2.05) is 6.92 Å². The lowest BCUT2D eigenvalue weighted by Crippen LogP contribution is -2.22. The Morgan fingerprint density at radius 2 is 2.44 bits per heavy atom. The average Bonchev–Trinajstić information content (AvgIpc) is 2.87. The maximum atomic E-state index is 11.8. The molecule has 0 spiro atoms. The monoisotopic (exact) mass is 253 g/mol. The van der Waals surface area contributed by atoms with E-state index in [4.69, 9.17) is 9.84 Å². The van der Waals surface area contributed by atoms with Crippen LogP contribution in [0.5, 0.6) is 0 Å². The van der Waals surface area contributed by atoms with Gasteiger partial charge in [0.15, 0.2) is 0 Å². The highest BCUT2D eigenvalue weighted by atomic mass is 16.5. The second kappa shape index (κ2) is 5.18. The lowest BCUT2D eigenvalue weighted by atomic mass is 10.1. The van der Waals surface area contributed by atoms with Gasteiger partial charge in [-0.25, -0.2) is 0 Å². The highest BCUT2D eigenvalue weighted by Crippen LogP contribution is 2.20. The van der Waals surface area contributed by atoms with Gasteiger partial charge in [-0.1, -0.05) is 0 Å². The summed E-state index contributed by atoms with van der Waals surface area (Å²) < 4.78 is 6.58. The lowest BCUT2D eigenvalue weighted by molar-refractivity contribution is -0.137. The van der Waals surface area contributed by atoms with Crippen LogP contribution in [0.4, 0.5) is 5.69 Å². The Balaban J connectivity index is 1.91. The smallest absolute Gasteiger partial charge is 0.325 e. The number of nitrogens with zero attached hydrogens (tertiary/aromatic N) is 2. The summed E-state index contributed by atoms with van der Waals surface area (Å²) >= 11 is 0. The molecule has 98 valence electrons. The van der Waals surface area contributed by atoms with Crippen molar-refractivity contribution in [2.45, 2.75) is 26.0 Å². The maximum Gasteiger partial charge on any atom is 0.325 e. The molecule has 2 atom stereocenters. The molecule has 0 bridgehead atoms. The molecular weight excluding hydrogens is 238 g/mol. The van der Waals surface area contributed by atoms with E-state index in [1.54, 1.807) is 0 Å². The fourth-order valence-corrected chi connectivity index (χ4v) is 1.90. The molecule has 7 heteroatoms. The van der Waals surface area contributed by atoms with Gasteiger partial charge in [-0.3, -0.25) is 14.3 Å². The molecule has 2 N–H and O–H groups in total. The first kappa shape index (κ1) is 12.6. The number of hydrogen-bond acceptors (Lipinski definition) is 4. The molecule has 1 aliphatic rings. The number of hydrogen-bond donors (Lipinski definition) is 2. The summed E-state index contributed by atoms with van der Waals surface area (Å²) in [7, 11) is 0. The predicted octanol–water partition coefficient (Wildman–Crippen LogP) is 0.331. The Morgan fingerprint density at radius 1 is 1.67 bits per heavy atom. The van der Waals surface area contributed by atoms with E-state index in [1.165, 1.54) is 17.1 Å². The summed E-state index contributed by atoms with van der Waals surface area (Å²) in [5.41, 5.74) is 0.501. The number of aliphatic carboxylic acids is 1. The largest absolute Gasteiger partial charge is 0.480 e. The Labute approximate surface area is 104 Å². The summed E-state index contributed by atoms with van der Waals surface area (Å²) in [6.45, 7) is 2.13. The van der Waals surface area contributed by atoms with Gasteiger partial charge in [-0.05, 0) is 13.3 Å². The van der Waals surface area contributed by atoms with E-state index in [2.05, 4.69) is 10.4 Å². The molecule has 2 heterocycles. The Morgan fingerprint density at radius 3 is 3.06 bits per heavy atom. The van der Waals surface area contributed by atoms with Crippen molar-refractivity contribution in [2.24, 2.45) is 5.92 Å². The van der Waals surface area contributed by atoms with Crippen molar-refractivity contribution in [3.8, 4) is 0 Å². The van der Waals surface area contributed by atoms with Crippen LogP contribution in [-0.2, 0) is 20.9 Å². The Hall–Kier alpha value is -1.89. The molecule has 1 aromatic rings. The fourth-order valence-electron chi connectivity index (χ4n) is 1.90. The average molecular weight is 253 g/mol. The predicted molar refractivity (Wildman–Crippen MR) is 62.0 cm³/mol. The molecular formula is C11H15N3O4. The minimum atomic E-state index is -0.978. The molecule has 0 aromatic carbocycles. The summed E-state index contributed by atoms with van der Waals surface area (Å²) in [5, 5.41) is 15.1. The van der Waals surface area contributed by atoms with E-state index in [0.717, 1.165) is 0 Å². The number of rotatable bonds is 4. The summed E-state index contributed by atoms with van der Waals surface area (Å²) in [5.74, 6) is -1.24. The highest BCUT2D eigenvalue weighted by molar-refractivity contribution is 5.92. The first-order valence-electron chi connectivity index (χ1n) is 5.71. The van der Waals surface area contributed by atoms with Crippen LogP contribution in [0, 0.1) is 5.92 Å². The van der Waals surface area contributed by atoms with Crippen molar-refractivity contribution in [3.05, 3.63) is 12.4 Å². The molecule has 0 saturated carbocycles. The van der Waals surface area contributed by atoms with Crippen molar-refractivity contribution >= 4 is 17.6 Å². The van der Waals surface area contributed by atoms with Crippen LogP contribution in [0.1, 0.15) is 13.3 Å². The van der Waals surface area contributed by atoms with Gasteiger partial charge >= 0.3 is 5.97 Å². The van der Waals surface area contributed by atoms with Crippen LogP contribution in [0.2, 0.25) is 0 Å². The Kier molecular flexibility index (Phi) is 3.61. The number of carboxylic acid groups (broad SMARTS) is 1. The van der Waals surface area contributed by atoms with Crippen molar-refractivity contribution in [1.82, 2.24) is 9.78 Å². The number of amides is 1. The van der Waals surface area contributed by atoms with E-state index in [0.29, 0.717) is 18.7 Å². The summed E-state index contributed by atoms with van der Waals surface area (Å²) in [6, 6.07) is 0. The van der Waals surface area contributed by atoms with Gasteiger partial charge in [-0.2, -0.15) is 5.10 Å². The van der Waals surface area contributed by atoms with Crippen LogP contribution in [-0.4, -0.2) is 39.5 Å². The van der Waals surface area contributed by atoms with Gasteiger partial charge in [0.25, 0.3) is 0 Å². The minimum absolute atomic E-state index is 0.107. The topological polar surface area (TPSA) is 93.5 Å². The minimum Gasteiger partial charge on any atom is -0.480 e. The molecule has 2 rings (SSSR count). The Bertz CT molecular complexity index is 457. The SMILES string of the molecule is CC1CC(C(=O)Nc2cnn(CC(=O)O)c2)CO1. The molecule has 0 aliphatic carbocycles. The van der Waals surface area contributed by atoms with Crippen LogP contribution in [0.3, 0.4) is 0 Å². The van der Waals surface area contributed by atoms with Crippen molar-refractivity contribution < 1.29 is 19.4 Å². The first-order valence-corrected chi connectivity index (χ1v) is 5.71. The third-order valence-corrected chi connectivity index (χ3v) is 2.77. The fraction of sp³-hybridized carbons (Fsp3) is 0.545. The van der Waals surface area contributed by atoms with Crippen LogP contribution in [0.15, 0.2) is 12.4 Å². The number of carboxylic acids is 1. The molecule has 1 aromatic heterocycles. The zero-order valence-electron chi connectivity index (χ0n) is 10.00. The van der Waals surface area contributed by atoms with E-state index < -0.39 is 5.97 Å². The van der Waals surface area contributed by atoms with Crippen molar-refractivity contribution in [1.29, 1.82) is 0 Å². The zero-order chi connectivity index (χ0) is 13.1. The molecule has 1 saturated heterocycles. The van der Waals surface area contributed by atoms with Gasteiger partial charge in [0.05, 0.1) is 30.5 Å². The number of nitrogens with one attached hydrogen (secondary N) is 1. The normalized spacial score (nSPS) is 22.9. The molecule has 7 nitrogen and oxygen atoms in total. The van der Waals surface area contributed by atoms with Crippen molar-refractivity contribution in [2.75, 3.05) is 11.9 Å².